The van der Waals surface area contributed by atoms with Crippen LogP contribution in [0.4, 0.5) is 18.3 Å². The molecule has 0 saturated carbocycles. The number of thiazole rings is 1. The average Bonchev–Trinajstić information content (AvgIpc) is 3.18. The van der Waals surface area contributed by atoms with Gasteiger partial charge < -0.3 is 9.88 Å². The summed E-state index contributed by atoms with van der Waals surface area (Å²) in [6, 6.07) is 1.44. The molecule has 3 aromatic rings. The first-order valence-electron chi connectivity index (χ1n) is 8.41. The highest BCUT2D eigenvalue weighted by Gasteiger charge is 2.31. The molecule has 0 atom stereocenters. The van der Waals surface area contributed by atoms with Crippen molar-refractivity contribution in [3.05, 3.63) is 57.4 Å². The van der Waals surface area contributed by atoms with Crippen LogP contribution in [0.5, 0.6) is 0 Å². The number of halogens is 3. The van der Waals surface area contributed by atoms with Crippen LogP contribution in [-0.2, 0) is 24.1 Å². The van der Waals surface area contributed by atoms with E-state index in [1.165, 1.54) is 0 Å². The van der Waals surface area contributed by atoms with Crippen LogP contribution in [0.1, 0.15) is 11.3 Å². The molecule has 0 unspecified atom stereocenters. The molecular formula is C17H15F3N6O2S2. The SMILES string of the molecule is C=CCn1c(-c2sc(NC(=O)Cn3cc(C(F)(F)F)ccc3=O)nc2C)n[nH]c1=S. The van der Waals surface area contributed by atoms with E-state index in [1.54, 1.807) is 17.6 Å². The molecule has 0 spiro atoms. The van der Waals surface area contributed by atoms with Gasteiger partial charge in [-0.05, 0) is 25.2 Å². The fourth-order valence-corrected chi connectivity index (χ4v) is 3.77. The fourth-order valence-electron chi connectivity index (χ4n) is 2.58. The van der Waals surface area contributed by atoms with Crippen LogP contribution in [0.3, 0.4) is 0 Å². The second-order valence-electron chi connectivity index (χ2n) is 6.12. The zero-order valence-electron chi connectivity index (χ0n) is 15.5. The van der Waals surface area contributed by atoms with Crippen molar-refractivity contribution in [3.8, 4) is 10.7 Å². The lowest BCUT2D eigenvalue weighted by atomic mass is 10.3. The number of H-pyrrole nitrogens is 1. The van der Waals surface area contributed by atoms with E-state index in [2.05, 4.69) is 27.1 Å². The first kappa shape index (κ1) is 21.6. The molecule has 158 valence electrons. The third-order valence-electron chi connectivity index (χ3n) is 3.94. The highest BCUT2D eigenvalue weighted by atomic mass is 32.1. The average molecular weight is 456 g/mol. The van der Waals surface area contributed by atoms with Crippen LogP contribution in [0.15, 0.2) is 35.8 Å². The Morgan fingerprint density at radius 2 is 2.17 bits per heavy atom. The molecule has 1 amide bonds. The summed E-state index contributed by atoms with van der Waals surface area (Å²) in [5, 5.41) is 9.57. The van der Waals surface area contributed by atoms with E-state index in [1.807, 2.05) is 0 Å². The van der Waals surface area contributed by atoms with Crippen molar-refractivity contribution in [3.63, 3.8) is 0 Å². The molecular weight excluding hydrogens is 441 g/mol. The monoisotopic (exact) mass is 456 g/mol. The number of hydrogen-bond acceptors (Lipinski definition) is 6. The van der Waals surface area contributed by atoms with Crippen molar-refractivity contribution in [2.45, 2.75) is 26.2 Å². The minimum Gasteiger partial charge on any atom is -0.305 e. The number of alkyl halides is 3. The van der Waals surface area contributed by atoms with Crippen LogP contribution in [0.2, 0.25) is 0 Å². The Labute approximate surface area is 176 Å². The number of aromatic nitrogens is 5. The zero-order valence-corrected chi connectivity index (χ0v) is 17.1. The molecule has 0 aromatic carbocycles. The number of carbonyl (C=O) groups is 1. The van der Waals surface area contributed by atoms with Crippen molar-refractivity contribution in [1.82, 2.24) is 24.3 Å². The molecule has 0 fully saturated rings. The van der Waals surface area contributed by atoms with Crippen LogP contribution >= 0.6 is 23.6 Å². The first-order chi connectivity index (χ1) is 14.1. The maximum atomic E-state index is 12.8. The summed E-state index contributed by atoms with van der Waals surface area (Å²) in [6.07, 6.45) is -2.37. The van der Waals surface area contributed by atoms with E-state index in [-0.39, 0.29) is 5.13 Å². The molecule has 3 aromatic heterocycles. The summed E-state index contributed by atoms with van der Waals surface area (Å²) in [5.41, 5.74) is -1.17. The van der Waals surface area contributed by atoms with Gasteiger partial charge >= 0.3 is 6.18 Å². The van der Waals surface area contributed by atoms with E-state index in [9.17, 15) is 22.8 Å². The highest BCUT2D eigenvalue weighted by molar-refractivity contribution is 7.71. The molecule has 0 saturated heterocycles. The smallest absolute Gasteiger partial charge is 0.305 e. The molecule has 2 N–H and O–H groups in total. The van der Waals surface area contributed by atoms with Gasteiger partial charge in [0.05, 0.1) is 16.1 Å². The topological polar surface area (TPSA) is 97.6 Å². The predicted octanol–water partition coefficient (Wildman–Crippen LogP) is 3.38. The Morgan fingerprint density at radius 3 is 2.83 bits per heavy atom. The van der Waals surface area contributed by atoms with Crippen LogP contribution in [0.25, 0.3) is 10.7 Å². The standard InChI is InChI=1S/C17H15F3N6O2S2/c1-3-6-26-14(23-24-16(26)29)13-9(2)21-15(30-13)22-11(27)8-25-7-10(17(18,19)20)4-5-12(25)28/h3-5,7H,1,6,8H2,2H3,(H,24,29)(H,21,22,27). The van der Waals surface area contributed by atoms with Gasteiger partial charge in [-0.15, -0.1) is 6.58 Å². The number of aryl methyl sites for hydroxylation is 1. The lowest BCUT2D eigenvalue weighted by Crippen LogP contribution is -2.28. The number of amides is 1. The molecule has 3 rings (SSSR count). The van der Waals surface area contributed by atoms with Gasteiger partial charge in [0.2, 0.25) is 5.91 Å². The molecule has 3 heterocycles. The lowest BCUT2D eigenvalue weighted by molar-refractivity contribution is -0.138. The number of hydrogen-bond donors (Lipinski definition) is 2. The van der Waals surface area contributed by atoms with Gasteiger partial charge in [0, 0.05) is 18.8 Å². The maximum absolute atomic E-state index is 12.8. The number of allylic oxidation sites excluding steroid dienone is 1. The number of nitrogens with zero attached hydrogens (tertiary/aromatic N) is 4. The van der Waals surface area contributed by atoms with E-state index in [0.29, 0.717) is 44.5 Å². The van der Waals surface area contributed by atoms with Gasteiger partial charge in [0.1, 0.15) is 6.54 Å². The molecule has 13 heteroatoms. The third kappa shape index (κ3) is 4.57. The minimum atomic E-state index is -4.62. The number of nitrogens with one attached hydrogen (secondary N) is 2. The van der Waals surface area contributed by atoms with Gasteiger partial charge in [-0.3, -0.25) is 19.3 Å². The van der Waals surface area contributed by atoms with Gasteiger partial charge in [0.15, 0.2) is 15.7 Å². The first-order valence-corrected chi connectivity index (χ1v) is 9.64. The van der Waals surface area contributed by atoms with Crippen molar-refractivity contribution in [1.29, 1.82) is 0 Å². The third-order valence-corrected chi connectivity index (χ3v) is 5.32. The normalized spacial score (nSPS) is 11.5. The minimum absolute atomic E-state index is 0.214. The Hall–Kier alpha value is -3.06. The summed E-state index contributed by atoms with van der Waals surface area (Å²) in [5.74, 6) is -0.175. The molecule has 0 aliphatic carbocycles. The van der Waals surface area contributed by atoms with E-state index in [0.717, 1.165) is 17.4 Å². The Kier molecular flexibility index (Phi) is 6.03. The molecule has 0 bridgehead atoms. The van der Waals surface area contributed by atoms with Gasteiger partial charge in [-0.25, -0.2) is 4.98 Å². The van der Waals surface area contributed by atoms with E-state index >= 15 is 0 Å². The lowest BCUT2D eigenvalue weighted by Gasteiger charge is -2.10. The summed E-state index contributed by atoms with van der Waals surface area (Å²) in [4.78, 5) is 29.0. The van der Waals surface area contributed by atoms with Crippen molar-refractivity contribution in [2.75, 3.05) is 5.32 Å². The summed E-state index contributed by atoms with van der Waals surface area (Å²) >= 11 is 6.30. The molecule has 0 radical (unpaired) electrons. The van der Waals surface area contributed by atoms with Gasteiger partial charge in [0.25, 0.3) is 5.56 Å². The molecule has 8 nitrogen and oxygen atoms in total. The summed E-state index contributed by atoms with van der Waals surface area (Å²) < 4.78 is 41.3. The van der Waals surface area contributed by atoms with Gasteiger partial charge in [-0.2, -0.15) is 18.3 Å². The van der Waals surface area contributed by atoms with E-state index in [4.69, 9.17) is 12.2 Å². The molecule has 30 heavy (non-hydrogen) atoms. The van der Waals surface area contributed by atoms with Crippen LogP contribution in [-0.4, -0.2) is 30.2 Å². The predicted molar refractivity (Wildman–Crippen MR) is 108 cm³/mol. The second kappa shape index (κ2) is 8.36. The molecule has 0 aliphatic heterocycles. The maximum Gasteiger partial charge on any atom is 0.417 e. The van der Waals surface area contributed by atoms with E-state index < -0.39 is 29.8 Å². The number of anilines is 1. The Morgan fingerprint density at radius 1 is 1.43 bits per heavy atom. The largest absolute Gasteiger partial charge is 0.417 e. The quantitative estimate of drug-likeness (QED) is 0.438. The second-order valence-corrected chi connectivity index (χ2v) is 7.50. The van der Waals surface area contributed by atoms with Crippen molar-refractivity contribution in [2.24, 2.45) is 0 Å². The highest BCUT2D eigenvalue weighted by Crippen LogP contribution is 2.32. The Balaban J connectivity index is 1.81. The van der Waals surface area contributed by atoms with Crippen LogP contribution < -0.4 is 10.9 Å². The zero-order chi connectivity index (χ0) is 22.1. The molecule has 0 aliphatic rings. The van der Waals surface area contributed by atoms with Crippen molar-refractivity contribution >= 4 is 34.6 Å². The van der Waals surface area contributed by atoms with Crippen LogP contribution in [0, 0.1) is 11.7 Å². The summed E-state index contributed by atoms with van der Waals surface area (Å²) in [6.45, 7) is 5.21. The fraction of sp³-hybridized carbons (Fsp3) is 0.235. The Bertz CT molecular complexity index is 1220. The number of aromatic amines is 1. The number of carbonyl (C=O) groups excluding carboxylic acids is 1. The summed E-state index contributed by atoms with van der Waals surface area (Å²) in [7, 11) is 0. The number of rotatable bonds is 6. The van der Waals surface area contributed by atoms with Crippen molar-refractivity contribution < 1.29 is 18.0 Å². The number of pyridine rings is 1. The van der Waals surface area contributed by atoms with Gasteiger partial charge in [-0.1, -0.05) is 17.4 Å².